The summed E-state index contributed by atoms with van der Waals surface area (Å²) < 4.78 is 21.2. The van der Waals surface area contributed by atoms with Gasteiger partial charge in [-0.25, -0.2) is 9.78 Å². The summed E-state index contributed by atoms with van der Waals surface area (Å²) >= 11 is 7.34. The van der Waals surface area contributed by atoms with Crippen LogP contribution < -0.4 is 14.2 Å². The zero-order chi connectivity index (χ0) is 20.1. The van der Waals surface area contributed by atoms with Crippen molar-refractivity contribution in [1.29, 1.82) is 0 Å². The normalized spacial score (nSPS) is 10.4. The predicted octanol–water partition coefficient (Wildman–Crippen LogP) is 4.85. The number of ether oxygens (including phenoxy) is 4. The van der Waals surface area contributed by atoms with Gasteiger partial charge in [0.25, 0.3) is 0 Å². The number of carbonyl (C=O) groups excluding carboxylic acids is 1. The summed E-state index contributed by atoms with van der Waals surface area (Å²) in [6, 6.07) is 10.6. The van der Waals surface area contributed by atoms with Crippen LogP contribution in [-0.2, 0) is 11.3 Å². The minimum absolute atomic E-state index is 0.0335. The maximum atomic E-state index is 12.4. The number of nitrogens with zero attached hydrogens (tertiary/aromatic N) is 1. The summed E-state index contributed by atoms with van der Waals surface area (Å²) in [6.45, 7) is 0.0335. The Balaban J connectivity index is 1.73. The van der Waals surface area contributed by atoms with Crippen LogP contribution in [-0.4, -0.2) is 32.3 Å². The van der Waals surface area contributed by atoms with Crippen LogP contribution in [0.25, 0.3) is 10.6 Å². The molecule has 28 heavy (non-hydrogen) atoms. The first-order chi connectivity index (χ1) is 13.5. The first-order valence-corrected chi connectivity index (χ1v) is 9.49. The molecule has 0 bridgehead atoms. The highest BCUT2D eigenvalue weighted by atomic mass is 35.5. The van der Waals surface area contributed by atoms with Gasteiger partial charge >= 0.3 is 5.97 Å². The van der Waals surface area contributed by atoms with Gasteiger partial charge < -0.3 is 18.9 Å². The van der Waals surface area contributed by atoms with Crippen molar-refractivity contribution >= 4 is 28.9 Å². The van der Waals surface area contributed by atoms with Crippen molar-refractivity contribution in [2.24, 2.45) is 0 Å². The van der Waals surface area contributed by atoms with Crippen molar-refractivity contribution < 1.29 is 23.7 Å². The number of benzene rings is 2. The smallest absolute Gasteiger partial charge is 0.358 e. The third-order valence-electron chi connectivity index (χ3n) is 3.95. The molecule has 0 atom stereocenters. The summed E-state index contributed by atoms with van der Waals surface area (Å²) in [5.74, 6) is 1.29. The summed E-state index contributed by atoms with van der Waals surface area (Å²) in [4.78, 5) is 16.7. The van der Waals surface area contributed by atoms with E-state index >= 15 is 0 Å². The molecule has 0 amide bonds. The van der Waals surface area contributed by atoms with Crippen LogP contribution in [0.2, 0.25) is 5.02 Å². The largest absolute Gasteiger partial charge is 0.496 e. The van der Waals surface area contributed by atoms with Gasteiger partial charge in [0, 0.05) is 21.5 Å². The average Bonchev–Trinajstić information content (AvgIpc) is 3.22. The maximum Gasteiger partial charge on any atom is 0.358 e. The number of esters is 1. The lowest BCUT2D eigenvalue weighted by Crippen LogP contribution is -2.06. The Morgan fingerprint density at radius 1 is 1.00 bits per heavy atom. The molecule has 0 spiro atoms. The lowest BCUT2D eigenvalue weighted by atomic mass is 10.2. The third-order valence-corrected chi connectivity index (χ3v) is 5.07. The second kappa shape index (κ2) is 8.95. The molecule has 0 radical (unpaired) electrons. The van der Waals surface area contributed by atoms with Crippen LogP contribution >= 0.6 is 22.9 Å². The molecule has 1 aromatic heterocycles. The number of aromatic nitrogens is 1. The van der Waals surface area contributed by atoms with Crippen LogP contribution in [0.3, 0.4) is 0 Å². The van der Waals surface area contributed by atoms with Crippen LogP contribution in [0.5, 0.6) is 17.2 Å². The van der Waals surface area contributed by atoms with Crippen molar-refractivity contribution in [3.8, 4) is 27.8 Å². The molecule has 6 nitrogen and oxygen atoms in total. The van der Waals surface area contributed by atoms with Crippen molar-refractivity contribution in [3.05, 3.63) is 58.1 Å². The van der Waals surface area contributed by atoms with Gasteiger partial charge in [0.1, 0.15) is 17.4 Å². The molecule has 146 valence electrons. The third kappa shape index (κ3) is 4.37. The zero-order valence-corrected chi connectivity index (χ0v) is 17.1. The van der Waals surface area contributed by atoms with Gasteiger partial charge in [0.05, 0.1) is 21.3 Å². The van der Waals surface area contributed by atoms with Gasteiger partial charge in [-0.05, 0) is 36.4 Å². The van der Waals surface area contributed by atoms with Gasteiger partial charge in [0.2, 0.25) is 0 Å². The van der Waals surface area contributed by atoms with Crippen LogP contribution in [0.1, 0.15) is 16.1 Å². The molecule has 3 aromatic rings. The van der Waals surface area contributed by atoms with Gasteiger partial charge in [-0.1, -0.05) is 11.6 Å². The highest BCUT2D eigenvalue weighted by Gasteiger charge is 2.16. The van der Waals surface area contributed by atoms with Gasteiger partial charge in [-0.2, -0.15) is 0 Å². The van der Waals surface area contributed by atoms with Crippen LogP contribution in [0, 0.1) is 0 Å². The summed E-state index contributed by atoms with van der Waals surface area (Å²) in [6.07, 6.45) is 0. The van der Waals surface area contributed by atoms with E-state index in [1.165, 1.54) is 11.3 Å². The summed E-state index contributed by atoms with van der Waals surface area (Å²) in [7, 11) is 4.69. The SMILES string of the molecule is COc1ccc(Cl)cc1COC(=O)c1csc(-c2ccc(OC)c(OC)c2)n1. The van der Waals surface area contributed by atoms with E-state index in [9.17, 15) is 4.79 Å². The monoisotopic (exact) mass is 419 g/mol. The Morgan fingerprint density at radius 2 is 1.71 bits per heavy atom. The topological polar surface area (TPSA) is 66.9 Å². The highest BCUT2D eigenvalue weighted by molar-refractivity contribution is 7.13. The van der Waals surface area contributed by atoms with E-state index in [2.05, 4.69) is 4.98 Å². The van der Waals surface area contributed by atoms with E-state index in [1.54, 1.807) is 51.0 Å². The number of methoxy groups -OCH3 is 3. The maximum absolute atomic E-state index is 12.4. The van der Waals surface area contributed by atoms with E-state index in [0.29, 0.717) is 32.8 Å². The van der Waals surface area contributed by atoms with E-state index in [-0.39, 0.29) is 12.3 Å². The fourth-order valence-corrected chi connectivity index (χ4v) is 3.53. The summed E-state index contributed by atoms with van der Waals surface area (Å²) in [5, 5.41) is 2.87. The fraction of sp³-hybridized carbons (Fsp3) is 0.200. The Hall–Kier alpha value is -2.77. The molecule has 0 N–H and O–H groups in total. The second-order valence-corrected chi connectivity index (χ2v) is 6.93. The number of thiazole rings is 1. The van der Waals surface area contributed by atoms with Crippen molar-refractivity contribution in [1.82, 2.24) is 4.98 Å². The Morgan fingerprint density at radius 3 is 2.43 bits per heavy atom. The quantitative estimate of drug-likeness (QED) is 0.510. The van der Waals surface area contributed by atoms with Gasteiger partial charge in [-0.3, -0.25) is 0 Å². The molecule has 8 heteroatoms. The Labute approximate surface area is 171 Å². The first kappa shape index (κ1) is 20.0. The minimum atomic E-state index is -0.523. The van der Waals surface area contributed by atoms with Gasteiger partial charge in [0.15, 0.2) is 17.2 Å². The number of hydrogen-bond donors (Lipinski definition) is 0. The lowest BCUT2D eigenvalue weighted by molar-refractivity contribution is 0.0464. The molecule has 0 unspecified atom stereocenters. The van der Waals surface area contributed by atoms with Crippen LogP contribution in [0.4, 0.5) is 0 Å². The molecule has 0 fully saturated rings. The van der Waals surface area contributed by atoms with Crippen LogP contribution in [0.15, 0.2) is 41.8 Å². The molecular weight excluding hydrogens is 402 g/mol. The molecule has 0 aliphatic rings. The molecule has 0 saturated carbocycles. The second-order valence-electron chi connectivity index (χ2n) is 5.64. The molecule has 1 heterocycles. The first-order valence-electron chi connectivity index (χ1n) is 8.23. The molecular formula is C20H18ClNO5S. The Bertz CT molecular complexity index is 988. The number of rotatable bonds is 7. The summed E-state index contributed by atoms with van der Waals surface area (Å²) in [5.41, 5.74) is 1.73. The standard InChI is InChI=1S/C20H18ClNO5S/c1-24-16-7-5-14(21)8-13(16)10-27-20(23)15-11-28-19(22-15)12-4-6-17(25-2)18(9-12)26-3/h4-9,11H,10H2,1-3H3. The zero-order valence-electron chi connectivity index (χ0n) is 15.5. The number of halogens is 1. The molecule has 3 rings (SSSR count). The van der Waals surface area contributed by atoms with E-state index in [1.807, 2.05) is 12.1 Å². The molecule has 0 aliphatic carbocycles. The molecule has 2 aromatic carbocycles. The molecule has 0 saturated heterocycles. The van der Waals surface area contributed by atoms with E-state index < -0.39 is 5.97 Å². The van der Waals surface area contributed by atoms with E-state index in [4.69, 9.17) is 30.5 Å². The molecule has 0 aliphatic heterocycles. The fourth-order valence-electron chi connectivity index (χ4n) is 2.55. The Kier molecular flexibility index (Phi) is 6.38. The van der Waals surface area contributed by atoms with Crippen molar-refractivity contribution in [3.63, 3.8) is 0 Å². The average molecular weight is 420 g/mol. The van der Waals surface area contributed by atoms with Gasteiger partial charge in [-0.15, -0.1) is 11.3 Å². The predicted molar refractivity (Wildman–Crippen MR) is 108 cm³/mol. The number of carbonyl (C=O) groups is 1. The van der Waals surface area contributed by atoms with Crippen molar-refractivity contribution in [2.45, 2.75) is 6.61 Å². The number of hydrogen-bond acceptors (Lipinski definition) is 7. The minimum Gasteiger partial charge on any atom is -0.496 e. The van der Waals surface area contributed by atoms with Crippen molar-refractivity contribution in [2.75, 3.05) is 21.3 Å². The highest BCUT2D eigenvalue weighted by Crippen LogP contribution is 2.33. The van der Waals surface area contributed by atoms with E-state index in [0.717, 1.165) is 5.56 Å². The lowest BCUT2D eigenvalue weighted by Gasteiger charge is -2.09.